The van der Waals surface area contributed by atoms with E-state index in [2.05, 4.69) is 0 Å². The molecule has 5 heteroatoms. The first-order valence-corrected chi connectivity index (χ1v) is 6.18. The summed E-state index contributed by atoms with van der Waals surface area (Å²) in [6, 6.07) is 4.99. The zero-order chi connectivity index (χ0) is 14.3. The smallest absolute Gasteiger partial charge is 0.339 e. The van der Waals surface area contributed by atoms with Crippen LogP contribution in [-0.4, -0.2) is 37.5 Å². The standard InChI is InChI=1S/C14H20O5/c1-4-18-8-10(2)19-9-11-5-6-13(17-3)12(7-11)14(15)16/h5-7,10H,4,8-9H2,1-3H3,(H,15,16). The highest BCUT2D eigenvalue weighted by atomic mass is 16.5. The Morgan fingerprint density at radius 1 is 1.42 bits per heavy atom. The lowest BCUT2D eigenvalue weighted by Gasteiger charge is -2.13. The largest absolute Gasteiger partial charge is 0.496 e. The van der Waals surface area contributed by atoms with Crippen molar-refractivity contribution in [1.29, 1.82) is 0 Å². The van der Waals surface area contributed by atoms with Crippen molar-refractivity contribution >= 4 is 5.97 Å². The first-order chi connectivity index (χ1) is 9.08. The summed E-state index contributed by atoms with van der Waals surface area (Å²) in [5.74, 6) is -0.667. The van der Waals surface area contributed by atoms with Crippen molar-refractivity contribution in [2.75, 3.05) is 20.3 Å². The molecule has 0 aliphatic carbocycles. The molecule has 1 rings (SSSR count). The third kappa shape index (κ3) is 4.89. The first kappa shape index (κ1) is 15.5. The lowest BCUT2D eigenvalue weighted by Crippen LogP contribution is -2.16. The van der Waals surface area contributed by atoms with Crippen LogP contribution in [0.1, 0.15) is 29.8 Å². The SMILES string of the molecule is CCOCC(C)OCc1ccc(OC)c(C(=O)O)c1. The monoisotopic (exact) mass is 268 g/mol. The highest BCUT2D eigenvalue weighted by molar-refractivity contribution is 5.91. The molecule has 0 aliphatic rings. The number of rotatable bonds is 8. The van der Waals surface area contributed by atoms with E-state index in [1.165, 1.54) is 7.11 Å². The molecule has 1 aromatic carbocycles. The second-order valence-corrected chi connectivity index (χ2v) is 4.12. The maximum atomic E-state index is 11.1. The molecule has 0 aliphatic heterocycles. The molecule has 0 amide bonds. The molecule has 5 nitrogen and oxygen atoms in total. The molecular weight excluding hydrogens is 248 g/mol. The van der Waals surface area contributed by atoms with Crippen molar-refractivity contribution < 1.29 is 24.1 Å². The molecule has 0 saturated carbocycles. The van der Waals surface area contributed by atoms with Gasteiger partial charge in [-0.2, -0.15) is 0 Å². The van der Waals surface area contributed by atoms with E-state index in [1.54, 1.807) is 18.2 Å². The number of hydrogen-bond acceptors (Lipinski definition) is 4. The van der Waals surface area contributed by atoms with Gasteiger partial charge in [0.2, 0.25) is 0 Å². The number of ether oxygens (including phenoxy) is 3. The van der Waals surface area contributed by atoms with Crippen LogP contribution >= 0.6 is 0 Å². The second kappa shape index (κ2) is 7.76. The van der Waals surface area contributed by atoms with Crippen molar-refractivity contribution in [3.8, 4) is 5.75 Å². The summed E-state index contributed by atoms with van der Waals surface area (Å²) >= 11 is 0. The van der Waals surface area contributed by atoms with Gasteiger partial charge in [0.25, 0.3) is 0 Å². The van der Waals surface area contributed by atoms with Crippen LogP contribution in [0.4, 0.5) is 0 Å². The van der Waals surface area contributed by atoms with Gasteiger partial charge < -0.3 is 19.3 Å². The third-order valence-electron chi connectivity index (χ3n) is 2.59. The van der Waals surface area contributed by atoms with Crippen molar-refractivity contribution in [2.45, 2.75) is 26.6 Å². The molecule has 1 unspecified atom stereocenters. The molecule has 0 saturated heterocycles. The van der Waals surface area contributed by atoms with Crippen LogP contribution in [0, 0.1) is 0 Å². The second-order valence-electron chi connectivity index (χ2n) is 4.12. The van der Waals surface area contributed by atoms with Crippen molar-refractivity contribution in [2.24, 2.45) is 0 Å². The summed E-state index contributed by atoms with van der Waals surface area (Å²) in [6.45, 7) is 5.36. The molecule has 0 fully saturated rings. The molecule has 1 atom stereocenters. The Hall–Kier alpha value is -1.59. The fraction of sp³-hybridized carbons (Fsp3) is 0.500. The number of methoxy groups -OCH3 is 1. The Kier molecular flexibility index (Phi) is 6.32. The lowest BCUT2D eigenvalue weighted by molar-refractivity contribution is -0.0117. The molecule has 1 N–H and O–H groups in total. The van der Waals surface area contributed by atoms with Gasteiger partial charge in [-0.1, -0.05) is 6.07 Å². The van der Waals surface area contributed by atoms with Crippen molar-refractivity contribution in [3.05, 3.63) is 29.3 Å². The van der Waals surface area contributed by atoms with Crippen LogP contribution in [0.2, 0.25) is 0 Å². The van der Waals surface area contributed by atoms with Crippen LogP contribution in [-0.2, 0) is 16.1 Å². The van der Waals surface area contributed by atoms with E-state index in [0.29, 0.717) is 25.6 Å². The van der Waals surface area contributed by atoms with E-state index < -0.39 is 5.97 Å². The molecule has 0 heterocycles. The normalized spacial score (nSPS) is 12.2. The summed E-state index contributed by atoms with van der Waals surface area (Å²) in [5, 5.41) is 9.07. The number of carboxylic acids is 1. The quantitative estimate of drug-likeness (QED) is 0.784. The number of benzene rings is 1. The van der Waals surface area contributed by atoms with Gasteiger partial charge in [-0.3, -0.25) is 0 Å². The number of carbonyl (C=O) groups is 1. The van der Waals surface area contributed by atoms with Crippen LogP contribution < -0.4 is 4.74 Å². The summed E-state index contributed by atoms with van der Waals surface area (Å²) in [5.41, 5.74) is 0.933. The van der Waals surface area contributed by atoms with Gasteiger partial charge in [0.1, 0.15) is 11.3 Å². The molecule has 106 valence electrons. The number of hydrogen-bond donors (Lipinski definition) is 1. The average Bonchev–Trinajstić information content (AvgIpc) is 2.42. The Balaban J connectivity index is 2.64. The van der Waals surface area contributed by atoms with E-state index in [4.69, 9.17) is 19.3 Å². The van der Waals surface area contributed by atoms with E-state index in [1.807, 2.05) is 13.8 Å². The minimum Gasteiger partial charge on any atom is -0.496 e. The van der Waals surface area contributed by atoms with Gasteiger partial charge in [0, 0.05) is 6.61 Å². The lowest BCUT2D eigenvalue weighted by atomic mass is 10.1. The topological polar surface area (TPSA) is 65.0 Å². The minimum absolute atomic E-state index is 0.0321. The summed E-state index contributed by atoms with van der Waals surface area (Å²) in [6.07, 6.45) is -0.0321. The Labute approximate surface area is 113 Å². The molecule has 0 spiro atoms. The van der Waals surface area contributed by atoms with E-state index in [9.17, 15) is 4.79 Å². The number of aromatic carboxylic acids is 1. The first-order valence-electron chi connectivity index (χ1n) is 6.18. The fourth-order valence-electron chi connectivity index (χ4n) is 1.58. The third-order valence-corrected chi connectivity index (χ3v) is 2.59. The van der Waals surface area contributed by atoms with E-state index >= 15 is 0 Å². The number of carboxylic acid groups (broad SMARTS) is 1. The Morgan fingerprint density at radius 3 is 2.74 bits per heavy atom. The Morgan fingerprint density at radius 2 is 2.16 bits per heavy atom. The predicted octanol–water partition coefficient (Wildman–Crippen LogP) is 2.33. The van der Waals surface area contributed by atoms with Gasteiger partial charge in [-0.05, 0) is 31.5 Å². The zero-order valence-electron chi connectivity index (χ0n) is 11.5. The van der Waals surface area contributed by atoms with Crippen LogP contribution in [0.15, 0.2) is 18.2 Å². The molecule has 0 aromatic heterocycles. The van der Waals surface area contributed by atoms with Crippen molar-refractivity contribution in [1.82, 2.24) is 0 Å². The Bertz CT molecular complexity index is 416. The highest BCUT2D eigenvalue weighted by Crippen LogP contribution is 2.20. The zero-order valence-corrected chi connectivity index (χ0v) is 11.5. The van der Waals surface area contributed by atoms with Gasteiger partial charge in [0.05, 0.1) is 26.4 Å². The van der Waals surface area contributed by atoms with E-state index in [-0.39, 0.29) is 11.7 Å². The summed E-state index contributed by atoms with van der Waals surface area (Å²) in [7, 11) is 1.45. The average molecular weight is 268 g/mol. The van der Waals surface area contributed by atoms with Crippen LogP contribution in [0.3, 0.4) is 0 Å². The summed E-state index contributed by atoms with van der Waals surface area (Å²) in [4.78, 5) is 11.1. The highest BCUT2D eigenvalue weighted by Gasteiger charge is 2.12. The van der Waals surface area contributed by atoms with Gasteiger partial charge in [-0.15, -0.1) is 0 Å². The van der Waals surface area contributed by atoms with Crippen LogP contribution in [0.25, 0.3) is 0 Å². The fourth-order valence-corrected chi connectivity index (χ4v) is 1.58. The van der Waals surface area contributed by atoms with E-state index in [0.717, 1.165) is 5.56 Å². The van der Waals surface area contributed by atoms with Gasteiger partial charge in [0.15, 0.2) is 0 Å². The van der Waals surface area contributed by atoms with Gasteiger partial charge in [-0.25, -0.2) is 4.79 Å². The molecule has 1 aromatic rings. The predicted molar refractivity (Wildman–Crippen MR) is 70.7 cm³/mol. The maximum absolute atomic E-state index is 11.1. The van der Waals surface area contributed by atoms with Crippen LogP contribution in [0.5, 0.6) is 5.75 Å². The molecule has 0 radical (unpaired) electrons. The minimum atomic E-state index is -1.01. The van der Waals surface area contributed by atoms with Crippen molar-refractivity contribution in [3.63, 3.8) is 0 Å². The summed E-state index contributed by atoms with van der Waals surface area (Å²) < 4.78 is 15.8. The molecular formula is C14H20O5. The molecule has 19 heavy (non-hydrogen) atoms. The maximum Gasteiger partial charge on any atom is 0.339 e. The van der Waals surface area contributed by atoms with Gasteiger partial charge >= 0.3 is 5.97 Å². The molecule has 0 bridgehead atoms.